The number of hydrogen-bond donors (Lipinski definition) is 3. The molecule has 144 valence electrons. The summed E-state index contributed by atoms with van der Waals surface area (Å²) in [6.07, 6.45) is -4.39. The third-order valence-electron chi connectivity index (χ3n) is 4.54. The van der Waals surface area contributed by atoms with E-state index in [2.05, 4.69) is 15.5 Å². The summed E-state index contributed by atoms with van der Waals surface area (Å²) in [5.41, 5.74) is 2.45. The monoisotopic (exact) mass is 379 g/mol. The quantitative estimate of drug-likeness (QED) is 0.761. The molecular weight excluding hydrogens is 359 g/mol. The van der Waals surface area contributed by atoms with Crippen molar-refractivity contribution < 1.29 is 23.1 Å². The Bertz CT molecular complexity index is 822. The van der Waals surface area contributed by atoms with Crippen molar-refractivity contribution in [1.82, 2.24) is 5.32 Å². The molecule has 1 aliphatic heterocycles. The number of benzene rings is 2. The van der Waals surface area contributed by atoms with Crippen LogP contribution in [0.3, 0.4) is 0 Å². The molecule has 2 amide bonds. The molecule has 0 fully saturated rings. The number of halogens is 3. The first-order chi connectivity index (χ1) is 12.7. The molecule has 1 atom stereocenters. The number of carbonyl (C=O) groups excluding carboxylic acids is 1. The highest BCUT2D eigenvalue weighted by molar-refractivity contribution is 5.89. The van der Waals surface area contributed by atoms with Crippen molar-refractivity contribution in [2.75, 3.05) is 30.4 Å². The van der Waals surface area contributed by atoms with Crippen molar-refractivity contribution >= 4 is 17.4 Å². The Morgan fingerprint density at radius 3 is 2.59 bits per heavy atom. The molecule has 8 heteroatoms. The topological polar surface area (TPSA) is 64.6 Å². The lowest BCUT2D eigenvalue weighted by Gasteiger charge is -2.16. The van der Waals surface area contributed by atoms with Gasteiger partial charge in [-0.25, -0.2) is 4.79 Å². The molecule has 0 aliphatic carbocycles. The minimum Gasteiger partial charge on any atom is -0.387 e. The third kappa shape index (κ3) is 4.51. The van der Waals surface area contributed by atoms with Gasteiger partial charge in [-0.05, 0) is 47.9 Å². The Morgan fingerprint density at radius 1 is 1.22 bits per heavy atom. The van der Waals surface area contributed by atoms with Crippen molar-refractivity contribution in [3.63, 3.8) is 0 Å². The molecule has 0 saturated heterocycles. The number of carbonyl (C=O) groups is 1. The highest BCUT2D eigenvalue weighted by Crippen LogP contribution is 2.30. The van der Waals surface area contributed by atoms with E-state index in [1.807, 2.05) is 25.2 Å². The molecule has 0 radical (unpaired) electrons. The smallest absolute Gasteiger partial charge is 0.387 e. The van der Waals surface area contributed by atoms with Crippen molar-refractivity contribution in [2.45, 2.75) is 18.7 Å². The first-order valence-electron chi connectivity index (χ1n) is 8.48. The maximum absolute atomic E-state index is 12.5. The van der Waals surface area contributed by atoms with Crippen LogP contribution in [0.15, 0.2) is 42.5 Å². The van der Waals surface area contributed by atoms with E-state index in [0.29, 0.717) is 5.56 Å². The number of aliphatic hydroxyl groups excluding tert-OH is 1. The molecule has 5 nitrogen and oxygen atoms in total. The number of fused-ring (bicyclic) bond motifs is 1. The fraction of sp³-hybridized carbons (Fsp3) is 0.316. The van der Waals surface area contributed by atoms with Crippen molar-refractivity contribution in [2.24, 2.45) is 0 Å². The van der Waals surface area contributed by atoms with Crippen LogP contribution in [0.25, 0.3) is 0 Å². The summed E-state index contributed by atoms with van der Waals surface area (Å²) in [5.74, 6) is 0. The number of hydrogen-bond acceptors (Lipinski definition) is 3. The molecule has 1 heterocycles. The first-order valence-corrected chi connectivity index (χ1v) is 8.48. The summed E-state index contributed by atoms with van der Waals surface area (Å²) >= 11 is 0. The molecule has 3 rings (SSSR count). The molecule has 1 aliphatic rings. The highest BCUT2D eigenvalue weighted by Gasteiger charge is 2.30. The molecule has 0 saturated carbocycles. The minimum absolute atomic E-state index is 0.0128. The van der Waals surface area contributed by atoms with Gasteiger partial charge in [-0.3, -0.25) is 0 Å². The van der Waals surface area contributed by atoms with Crippen LogP contribution in [0.2, 0.25) is 0 Å². The molecule has 2 aromatic rings. The Kier molecular flexibility index (Phi) is 5.27. The zero-order valence-electron chi connectivity index (χ0n) is 14.7. The lowest BCUT2D eigenvalue weighted by Crippen LogP contribution is -2.32. The second-order valence-electron chi connectivity index (χ2n) is 6.49. The van der Waals surface area contributed by atoms with Gasteiger partial charge in [0, 0.05) is 31.5 Å². The van der Waals surface area contributed by atoms with Crippen LogP contribution in [-0.2, 0) is 12.6 Å². The minimum atomic E-state index is -4.42. The Balaban J connectivity index is 1.53. The fourth-order valence-electron chi connectivity index (χ4n) is 3.02. The summed E-state index contributed by atoms with van der Waals surface area (Å²) < 4.78 is 37.6. The lowest BCUT2D eigenvalue weighted by molar-refractivity contribution is -0.137. The van der Waals surface area contributed by atoms with Gasteiger partial charge in [0.25, 0.3) is 0 Å². The standard InChI is InChI=1S/C19H20F3N3O2/c1-25-9-8-12-10-13(2-7-16(12)25)17(26)11-23-18(27)24-15-5-3-14(4-6-15)19(20,21)22/h2-7,10,17,26H,8-9,11H2,1H3,(H2,23,24,27). The van der Waals surface area contributed by atoms with Gasteiger partial charge in [0.15, 0.2) is 0 Å². The average Bonchev–Trinajstić information content (AvgIpc) is 3.00. The zero-order chi connectivity index (χ0) is 19.6. The van der Waals surface area contributed by atoms with E-state index in [9.17, 15) is 23.1 Å². The van der Waals surface area contributed by atoms with E-state index in [1.54, 1.807) is 0 Å². The largest absolute Gasteiger partial charge is 0.416 e. The molecule has 2 aromatic carbocycles. The van der Waals surface area contributed by atoms with E-state index in [4.69, 9.17) is 0 Å². The van der Waals surface area contributed by atoms with Gasteiger partial charge in [-0.2, -0.15) is 13.2 Å². The second-order valence-corrected chi connectivity index (χ2v) is 6.49. The zero-order valence-corrected chi connectivity index (χ0v) is 14.7. The molecule has 27 heavy (non-hydrogen) atoms. The summed E-state index contributed by atoms with van der Waals surface area (Å²) in [6.45, 7) is 0.920. The summed E-state index contributed by atoms with van der Waals surface area (Å²) in [7, 11) is 2.01. The predicted molar refractivity (Wildman–Crippen MR) is 96.8 cm³/mol. The summed E-state index contributed by atoms with van der Waals surface area (Å²) in [4.78, 5) is 14.0. The van der Waals surface area contributed by atoms with E-state index in [-0.39, 0.29) is 12.2 Å². The Hall–Kier alpha value is -2.74. The van der Waals surface area contributed by atoms with Gasteiger partial charge in [0.2, 0.25) is 0 Å². The van der Waals surface area contributed by atoms with Crippen LogP contribution in [0.4, 0.5) is 29.3 Å². The molecular formula is C19H20F3N3O2. The van der Waals surface area contributed by atoms with Gasteiger partial charge >= 0.3 is 12.2 Å². The van der Waals surface area contributed by atoms with E-state index in [1.165, 1.54) is 12.1 Å². The van der Waals surface area contributed by atoms with Gasteiger partial charge in [0.1, 0.15) is 0 Å². The molecule has 0 bridgehead atoms. The maximum Gasteiger partial charge on any atom is 0.416 e. The van der Waals surface area contributed by atoms with Gasteiger partial charge in [-0.15, -0.1) is 0 Å². The van der Waals surface area contributed by atoms with Crippen LogP contribution in [0.5, 0.6) is 0 Å². The van der Waals surface area contributed by atoms with Crippen molar-refractivity contribution in [1.29, 1.82) is 0 Å². The molecule has 0 spiro atoms. The number of urea groups is 1. The van der Waals surface area contributed by atoms with Crippen LogP contribution < -0.4 is 15.5 Å². The predicted octanol–water partition coefficient (Wildman–Crippen LogP) is 3.55. The molecule has 1 unspecified atom stereocenters. The second kappa shape index (κ2) is 7.48. The number of likely N-dealkylation sites (N-methyl/N-ethyl adjacent to an activating group) is 1. The number of nitrogens with zero attached hydrogens (tertiary/aromatic N) is 1. The first kappa shape index (κ1) is 19.0. The molecule has 3 N–H and O–H groups in total. The van der Waals surface area contributed by atoms with Gasteiger partial charge in [0.05, 0.1) is 11.7 Å². The fourth-order valence-corrected chi connectivity index (χ4v) is 3.02. The maximum atomic E-state index is 12.5. The number of anilines is 2. The number of nitrogens with one attached hydrogen (secondary N) is 2. The number of amides is 2. The van der Waals surface area contributed by atoms with Crippen LogP contribution in [0, 0.1) is 0 Å². The van der Waals surface area contributed by atoms with Gasteiger partial charge in [-0.1, -0.05) is 12.1 Å². The van der Waals surface area contributed by atoms with Crippen LogP contribution >= 0.6 is 0 Å². The summed E-state index contributed by atoms with van der Waals surface area (Å²) in [6, 6.07) is 9.24. The van der Waals surface area contributed by atoms with E-state index < -0.39 is 23.9 Å². The van der Waals surface area contributed by atoms with Crippen LogP contribution in [0.1, 0.15) is 22.8 Å². The van der Waals surface area contributed by atoms with Crippen molar-refractivity contribution in [3.05, 3.63) is 59.2 Å². The van der Waals surface area contributed by atoms with Gasteiger partial charge < -0.3 is 20.6 Å². The highest BCUT2D eigenvalue weighted by atomic mass is 19.4. The number of rotatable bonds is 4. The SMILES string of the molecule is CN1CCc2cc(C(O)CNC(=O)Nc3ccc(C(F)(F)F)cc3)ccc21. The molecule has 0 aromatic heterocycles. The summed E-state index contributed by atoms with van der Waals surface area (Å²) in [5, 5.41) is 15.2. The van der Waals surface area contributed by atoms with Crippen molar-refractivity contribution in [3.8, 4) is 0 Å². The Morgan fingerprint density at radius 2 is 1.93 bits per heavy atom. The third-order valence-corrected chi connectivity index (χ3v) is 4.54. The normalized spacial score (nSPS) is 14.6. The lowest BCUT2D eigenvalue weighted by atomic mass is 10.0. The van der Waals surface area contributed by atoms with E-state index in [0.717, 1.165) is 36.3 Å². The van der Waals surface area contributed by atoms with E-state index >= 15 is 0 Å². The average molecular weight is 379 g/mol. The number of aliphatic hydroxyl groups is 1. The van der Waals surface area contributed by atoms with Crippen LogP contribution in [-0.4, -0.2) is 31.3 Å². The number of alkyl halides is 3. The Labute approximate surface area is 154 Å².